The Hall–Kier alpha value is -4.54. The second-order valence-electron chi connectivity index (χ2n) is 8.24. The van der Waals surface area contributed by atoms with Crippen LogP contribution >= 0.6 is 0 Å². The summed E-state index contributed by atoms with van der Waals surface area (Å²) in [6, 6.07) is 8.40. The molecule has 0 radical (unpaired) electrons. The number of imide groups is 1. The van der Waals surface area contributed by atoms with Crippen molar-refractivity contribution in [2.45, 2.75) is 12.1 Å². The number of hydrogen-bond acceptors (Lipinski definition) is 9. The van der Waals surface area contributed by atoms with E-state index in [1.54, 1.807) is 30.4 Å². The molecule has 2 amide bonds. The average molecular weight is 460 g/mol. The maximum atomic E-state index is 13.6. The number of carbonyl (C=O) groups is 3. The summed E-state index contributed by atoms with van der Waals surface area (Å²) in [5.74, 6) is -2.40. The number of ketones is 1. The molecule has 0 spiro atoms. The van der Waals surface area contributed by atoms with Crippen molar-refractivity contribution in [2.24, 2.45) is 16.9 Å². The topological polar surface area (TPSA) is 132 Å². The zero-order valence-electron chi connectivity index (χ0n) is 17.4. The van der Waals surface area contributed by atoms with E-state index in [2.05, 4.69) is 5.10 Å². The maximum absolute atomic E-state index is 13.6. The molecule has 34 heavy (non-hydrogen) atoms. The summed E-state index contributed by atoms with van der Waals surface area (Å²) in [5.41, 5.74) is 0.157. The normalized spacial score (nSPS) is 26.1. The number of nitro benzene ring substituents is 1. The molecule has 4 atom stereocenters. The molecule has 11 nitrogen and oxygen atoms in total. The van der Waals surface area contributed by atoms with Gasteiger partial charge in [-0.05, 0) is 18.2 Å². The molecule has 0 aromatic heterocycles. The number of amides is 2. The van der Waals surface area contributed by atoms with Crippen LogP contribution in [0.2, 0.25) is 0 Å². The van der Waals surface area contributed by atoms with Crippen LogP contribution in [0.5, 0.6) is 11.5 Å². The predicted molar refractivity (Wildman–Crippen MR) is 117 cm³/mol. The first-order valence-electron chi connectivity index (χ1n) is 10.5. The van der Waals surface area contributed by atoms with Gasteiger partial charge in [0.2, 0.25) is 18.6 Å². The van der Waals surface area contributed by atoms with E-state index in [0.717, 1.165) is 4.90 Å². The minimum atomic E-state index is -1.09. The first kappa shape index (κ1) is 20.1. The molecule has 0 bridgehead atoms. The standard InChI is InChI=1S/C23H16N4O7/c28-21(12-3-1-4-14(9-12)27(31)32)20-19-18(15-5-2-8-24-26(15)20)22(29)25(23(19)30)13-6-7-16-17(10-13)34-11-33-16/h1-10,15,18-20H,11H2/t15-,18-,19+,20-/m1/s1. The summed E-state index contributed by atoms with van der Waals surface area (Å²) in [4.78, 5) is 52.4. The number of nitrogens with zero attached hydrogens (tertiary/aromatic N) is 4. The van der Waals surface area contributed by atoms with E-state index in [1.165, 1.54) is 35.5 Å². The molecule has 0 saturated carbocycles. The van der Waals surface area contributed by atoms with Gasteiger partial charge in [0.25, 0.3) is 5.69 Å². The molecule has 2 fully saturated rings. The number of fused-ring (bicyclic) bond motifs is 4. The van der Waals surface area contributed by atoms with Crippen molar-refractivity contribution in [3.05, 3.63) is 70.3 Å². The second-order valence-corrected chi connectivity index (χ2v) is 8.24. The van der Waals surface area contributed by atoms with E-state index in [1.807, 2.05) is 0 Å². The van der Waals surface area contributed by atoms with Crippen LogP contribution < -0.4 is 14.4 Å². The molecule has 6 rings (SSSR count). The van der Waals surface area contributed by atoms with Gasteiger partial charge in [-0.3, -0.25) is 29.5 Å². The zero-order chi connectivity index (χ0) is 23.6. The van der Waals surface area contributed by atoms with Gasteiger partial charge in [-0.25, -0.2) is 4.90 Å². The van der Waals surface area contributed by atoms with Crippen LogP contribution in [0, 0.1) is 22.0 Å². The Morgan fingerprint density at radius 1 is 1.06 bits per heavy atom. The highest BCUT2D eigenvalue weighted by Gasteiger charge is 2.64. The molecule has 2 aromatic rings. The highest BCUT2D eigenvalue weighted by molar-refractivity contribution is 6.24. The van der Waals surface area contributed by atoms with E-state index in [4.69, 9.17) is 9.47 Å². The lowest BCUT2D eigenvalue weighted by atomic mass is 9.86. The molecule has 0 unspecified atom stereocenters. The number of rotatable bonds is 4. The number of hydrazone groups is 1. The molecule has 0 N–H and O–H groups in total. The Morgan fingerprint density at radius 2 is 1.85 bits per heavy atom. The smallest absolute Gasteiger partial charge is 0.270 e. The average Bonchev–Trinajstić information content (AvgIpc) is 3.51. The molecule has 4 heterocycles. The van der Waals surface area contributed by atoms with Gasteiger partial charge in [0.05, 0.1) is 28.5 Å². The van der Waals surface area contributed by atoms with Crippen molar-refractivity contribution in [2.75, 3.05) is 11.7 Å². The van der Waals surface area contributed by atoms with Gasteiger partial charge in [-0.1, -0.05) is 18.2 Å². The van der Waals surface area contributed by atoms with Crippen molar-refractivity contribution < 1.29 is 28.8 Å². The summed E-state index contributed by atoms with van der Waals surface area (Å²) >= 11 is 0. The van der Waals surface area contributed by atoms with E-state index >= 15 is 0 Å². The minimum Gasteiger partial charge on any atom is -0.454 e. The first-order valence-corrected chi connectivity index (χ1v) is 10.5. The zero-order valence-corrected chi connectivity index (χ0v) is 17.4. The second kappa shape index (κ2) is 7.24. The third-order valence-electron chi connectivity index (χ3n) is 6.52. The van der Waals surface area contributed by atoms with Crippen LogP contribution in [-0.2, 0) is 9.59 Å². The fraction of sp³-hybridized carbons (Fsp3) is 0.217. The van der Waals surface area contributed by atoms with E-state index in [0.29, 0.717) is 17.2 Å². The Labute approximate surface area is 192 Å². The van der Waals surface area contributed by atoms with Crippen LogP contribution in [0.3, 0.4) is 0 Å². The number of nitro groups is 1. The Morgan fingerprint density at radius 3 is 2.68 bits per heavy atom. The molecule has 0 aliphatic carbocycles. The SMILES string of the molecule is O=C(c1cccc([N+](=O)[O-])c1)[C@H]1[C@H]2C(=O)N(c3ccc4c(c3)OCO4)C(=O)[C@@H]2[C@H]2C=CC=NN21. The van der Waals surface area contributed by atoms with Gasteiger partial charge < -0.3 is 9.47 Å². The summed E-state index contributed by atoms with van der Waals surface area (Å²) in [6.45, 7) is 0.0472. The number of anilines is 1. The number of benzene rings is 2. The molecule has 2 saturated heterocycles. The van der Waals surface area contributed by atoms with Crippen molar-refractivity contribution >= 4 is 35.2 Å². The van der Waals surface area contributed by atoms with Crippen molar-refractivity contribution in [3.63, 3.8) is 0 Å². The Balaban J connectivity index is 1.41. The number of carbonyl (C=O) groups excluding carboxylic acids is 3. The highest BCUT2D eigenvalue weighted by atomic mass is 16.7. The molecule has 4 aliphatic heterocycles. The lowest BCUT2D eigenvalue weighted by molar-refractivity contribution is -0.384. The summed E-state index contributed by atoms with van der Waals surface area (Å²) in [6.07, 6.45) is 4.88. The van der Waals surface area contributed by atoms with Gasteiger partial charge in [0, 0.05) is 30.0 Å². The van der Waals surface area contributed by atoms with E-state index in [9.17, 15) is 24.5 Å². The number of Topliss-reactive ketones (excluding diaryl/α,β-unsaturated/α-hetero) is 1. The lowest BCUT2D eigenvalue weighted by Crippen LogP contribution is -2.46. The molecule has 11 heteroatoms. The van der Waals surface area contributed by atoms with Crippen LogP contribution in [0.1, 0.15) is 10.4 Å². The Bertz CT molecular complexity index is 1340. The van der Waals surface area contributed by atoms with Crippen LogP contribution in [0.25, 0.3) is 0 Å². The minimum absolute atomic E-state index is 0.0472. The number of ether oxygens (including phenoxy) is 2. The summed E-state index contributed by atoms with van der Waals surface area (Å²) in [7, 11) is 0. The van der Waals surface area contributed by atoms with Gasteiger partial charge in [-0.2, -0.15) is 5.10 Å². The molecule has 4 aliphatic rings. The summed E-state index contributed by atoms with van der Waals surface area (Å²) in [5, 5.41) is 17.0. The maximum Gasteiger partial charge on any atom is 0.270 e. The largest absolute Gasteiger partial charge is 0.454 e. The van der Waals surface area contributed by atoms with Gasteiger partial charge in [-0.15, -0.1) is 0 Å². The first-order chi connectivity index (χ1) is 16.5. The van der Waals surface area contributed by atoms with Crippen LogP contribution in [0.4, 0.5) is 11.4 Å². The number of hydrogen-bond donors (Lipinski definition) is 0. The van der Waals surface area contributed by atoms with Crippen LogP contribution in [0.15, 0.2) is 59.7 Å². The lowest BCUT2D eigenvalue weighted by Gasteiger charge is -2.30. The van der Waals surface area contributed by atoms with Crippen molar-refractivity contribution in [3.8, 4) is 11.5 Å². The fourth-order valence-corrected chi connectivity index (χ4v) is 5.06. The number of allylic oxidation sites excluding steroid dienone is 1. The van der Waals surface area contributed by atoms with Gasteiger partial charge in [0.15, 0.2) is 17.3 Å². The molecule has 170 valence electrons. The highest BCUT2D eigenvalue weighted by Crippen LogP contribution is 2.47. The van der Waals surface area contributed by atoms with Crippen molar-refractivity contribution in [1.82, 2.24) is 5.01 Å². The Kier molecular flexibility index (Phi) is 4.28. The van der Waals surface area contributed by atoms with E-state index < -0.39 is 46.4 Å². The molecule has 2 aromatic carbocycles. The fourth-order valence-electron chi connectivity index (χ4n) is 5.06. The monoisotopic (exact) mass is 460 g/mol. The van der Waals surface area contributed by atoms with Crippen LogP contribution in [-0.4, -0.2) is 52.6 Å². The van der Waals surface area contributed by atoms with Crippen molar-refractivity contribution in [1.29, 1.82) is 0 Å². The molecular formula is C23H16N4O7. The predicted octanol–water partition coefficient (Wildman–Crippen LogP) is 1.92. The quantitative estimate of drug-likeness (QED) is 0.293. The third-order valence-corrected chi connectivity index (χ3v) is 6.52. The van der Waals surface area contributed by atoms with Gasteiger partial charge >= 0.3 is 0 Å². The number of non-ortho nitro benzene ring substituents is 1. The third kappa shape index (κ3) is 2.76. The van der Waals surface area contributed by atoms with Gasteiger partial charge in [0.1, 0.15) is 6.04 Å². The molecular weight excluding hydrogens is 444 g/mol. The summed E-state index contributed by atoms with van der Waals surface area (Å²) < 4.78 is 10.7. The van der Waals surface area contributed by atoms with E-state index in [-0.39, 0.29) is 18.0 Å².